The van der Waals surface area contributed by atoms with E-state index < -0.39 is 5.78 Å². The molecule has 1 aliphatic rings. The van der Waals surface area contributed by atoms with Gasteiger partial charge in [0.2, 0.25) is 5.78 Å². The van der Waals surface area contributed by atoms with Gasteiger partial charge in [0, 0.05) is 32.8 Å². The van der Waals surface area contributed by atoms with Crippen molar-refractivity contribution in [2.24, 2.45) is 0 Å². The van der Waals surface area contributed by atoms with E-state index >= 15 is 0 Å². The van der Waals surface area contributed by atoms with Crippen LogP contribution < -0.4 is 0 Å². The first-order valence-corrected chi connectivity index (χ1v) is 15.6. The van der Waals surface area contributed by atoms with Gasteiger partial charge in [0.25, 0.3) is 0 Å². The third-order valence-electron chi connectivity index (χ3n) is 8.39. The fraction of sp³-hybridized carbons (Fsp3) is 0.184. The summed E-state index contributed by atoms with van der Waals surface area (Å²) in [6.45, 7) is 1.96. The normalized spacial score (nSPS) is 13.5. The molecule has 0 amide bonds. The number of carbonyl (C=O) groups excluding carboxylic acids is 3. The Morgan fingerprint density at radius 1 is 0.591 bits per heavy atom. The molecule has 0 saturated heterocycles. The van der Waals surface area contributed by atoms with Crippen molar-refractivity contribution in [3.05, 3.63) is 152 Å². The Hall–Kier alpha value is -4.25. The van der Waals surface area contributed by atoms with Crippen LogP contribution in [0.15, 0.2) is 103 Å². The van der Waals surface area contributed by atoms with Crippen LogP contribution in [0.25, 0.3) is 11.3 Å². The summed E-state index contributed by atoms with van der Waals surface area (Å²) < 4.78 is 2.02. The van der Waals surface area contributed by atoms with Crippen molar-refractivity contribution >= 4 is 40.6 Å². The highest BCUT2D eigenvalue weighted by Gasteiger charge is 2.38. The van der Waals surface area contributed by atoms with Crippen molar-refractivity contribution in [2.45, 2.75) is 45.1 Å². The van der Waals surface area contributed by atoms with E-state index in [0.717, 1.165) is 43.2 Å². The molecule has 1 saturated carbocycles. The summed E-state index contributed by atoms with van der Waals surface area (Å²) in [5.41, 5.74) is 4.14. The Morgan fingerprint density at radius 2 is 1.07 bits per heavy atom. The molecule has 1 aliphatic carbocycles. The van der Waals surface area contributed by atoms with Gasteiger partial charge in [-0.1, -0.05) is 103 Å². The molecule has 6 heteroatoms. The van der Waals surface area contributed by atoms with Crippen LogP contribution in [0.3, 0.4) is 0 Å². The zero-order chi connectivity index (χ0) is 30.8. The quantitative estimate of drug-likeness (QED) is 0.162. The van der Waals surface area contributed by atoms with E-state index in [1.165, 1.54) is 0 Å². The van der Waals surface area contributed by atoms with Gasteiger partial charge in [-0.3, -0.25) is 14.4 Å². The van der Waals surface area contributed by atoms with Gasteiger partial charge in [0.05, 0.1) is 16.8 Å². The molecular weight excluding hydrogens is 589 g/mol. The minimum atomic E-state index is -0.402. The summed E-state index contributed by atoms with van der Waals surface area (Å²) in [7, 11) is 0. The molecule has 1 aromatic heterocycles. The molecule has 4 aromatic carbocycles. The number of aryl methyl sites for hydroxylation is 1. The molecule has 6 rings (SSSR count). The first-order valence-electron chi connectivity index (χ1n) is 14.9. The second-order valence-electron chi connectivity index (χ2n) is 11.3. The van der Waals surface area contributed by atoms with E-state index in [1.54, 1.807) is 60.7 Å². The number of benzene rings is 4. The van der Waals surface area contributed by atoms with Gasteiger partial charge in [-0.25, -0.2) is 0 Å². The zero-order valence-corrected chi connectivity index (χ0v) is 25.9. The number of carbonyl (C=O) groups is 3. The Balaban J connectivity index is 1.74. The highest BCUT2D eigenvalue weighted by atomic mass is 35.5. The van der Waals surface area contributed by atoms with Gasteiger partial charge in [-0.05, 0) is 73.9 Å². The number of nitrogens with zero attached hydrogens (tertiary/aromatic N) is 1. The van der Waals surface area contributed by atoms with Crippen molar-refractivity contribution in [1.82, 2.24) is 4.57 Å². The van der Waals surface area contributed by atoms with E-state index in [4.69, 9.17) is 23.2 Å². The van der Waals surface area contributed by atoms with E-state index in [-0.39, 0.29) is 34.4 Å². The van der Waals surface area contributed by atoms with Gasteiger partial charge in [0.15, 0.2) is 11.6 Å². The van der Waals surface area contributed by atoms with Gasteiger partial charge < -0.3 is 4.57 Å². The summed E-state index contributed by atoms with van der Waals surface area (Å²) in [6, 6.07) is 30.1. The van der Waals surface area contributed by atoms with E-state index in [9.17, 15) is 14.4 Å². The van der Waals surface area contributed by atoms with Crippen LogP contribution in [0.5, 0.6) is 0 Å². The fourth-order valence-electron chi connectivity index (χ4n) is 6.17. The van der Waals surface area contributed by atoms with Crippen molar-refractivity contribution < 1.29 is 14.4 Å². The maximum absolute atomic E-state index is 14.7. The smallest absolute Gasteiger partial charge is 0.210 e. The second kappa shape index (κ2) is 12.8. The van der Waals surface area contributed by atoms with Crippen LogP contribution in [0.4, 0.5) is 0 Å². The van der Waals surface area contributed by atoms with Crippen molar-refractivity contribution in [3.8, 4) is 11.3 Å². The number of aromatic nitrogens is 1. The molecule has 0 bridgehead atoms. The lowest BCUT2D eigenvalue weighted by atomic mass is 9.90. The molecule has 5 aromatic rings. The standard InChI is InChI=1S/C38H31Cl2NO3/c1-24-12-14-28(15-13-24)38(44)35-33(37(43)27-18-22-30(40)23-19-27)32(36(42)26-16-20-29(39)21-17-26)34(25-8-4-2-5-9-25)41(35)31-10-6-3-7-11-31/h2,4-5,8-9,12-23,31H,3,6-7,10-11H2,1H3. The van der Waals surface area contributed by atoms with E-state index in [0.29, 0.717) is 32.4 Å². The van der Waals surface area contributed by atoms with E-state index in [2.05, 4.69) is 0 Å². The summed E-state index contributed by atoms with van der Waals surface area (Å²) in [5, 5.41) is 0.983. The van der Waals surface area contributed by atoms with Gasteiger partial charge in [-0.15, -0.1) is 0 Å². The lowest BCUT2D eigenvalue weighted by Crippen LogP contribution is -2.21. The second-order valence-corrected chi connectivity index (χ2v) is 12.2. The number of ketones is 3. The van der Waals surface area contributed by atoms with Crippen molar-refractivity contribution in [1.29, 1.82) is 0 Å². The average molecular weight is 621 g/mol. The van der Waals surface area contributed by atoms with Crippen LogP contribution in [0, 0.1) is 6.92 Å². The molecule has 0 radical (unpaired) electrons. The first-order chi connectivity index (χ1) is 21.3. The topological polar surface area (TPSA) is 56.1 Å². The molecule has 0 spiro atoms. The Bertz CT molecular complexity index is 1830. The number of rotatable bonds is 8. The lowest BCUT2D eigenvalue weighted by molar-refractivity contribution is 0.0988. The maximum atomic E-state index is 14.7. The molecular formula is C38H31Cl2NO3. The summed E-state index contributed by atoms with van der Waals surface area (Å²) in [4.78, 5) is 44.1. The monoisotopic (exact) mass is 619 g/mol. The highest BCUT2D eigenvalue weighted by molar-refractivity contribution is 6.32. The molecule has 4 nitrogen and oxygen atoms in total. The molecule has 220 valence electrons. The average Bonchev–Trinajstić information content (AvgIpc) is 3.42. The molecule has 0 unspecified atom stereocenters. The van der Waals surface area contributed by atoms with Crippen molar-refractivity contribution in [3.63, 3.8) is 0 Å². The highest BCUT2D eigenvalue weighted by Crippen LogP contribution is 2.42. The molecule has 0 atom stereocenters. The predicted molar refractivity (Wildman–Crippen MR) is 176 cm³/mol. The molecule has 1 heterocycles. The fourth-order valence-corrected chi connectivity index (χ4v) is 6.42. The molecule has 1 fully saturated rings. The zero-order valence-electron chi connectivity index (χ0n) is 24.4. The summed E-state index contributed by atoms with van der Waals surface area (Å²) in [5.74, 6) is -1.04. The molecule has 0 N–H and O–H groups in total. The van der Waals surface area contributed by atoms with Crippen LogP contribution in [0.1, 0.15) is 91.6 Å². The van der Waals surface area contributed by atoms with E-state index in [1.807, 2.05) is 54.0 Å². The maximum Gasteiger partial charge on any atom is 0.210 e. The first kappa shape index (κ1) is 29.8. The minimum Gasteiger partial charge on any atom is -0.333 e. The largest absolute Gasteiger partial charge is 0.333 e. The lowest BCUT2D eigenvalue weighted by Gasteiger charge is -2.28. The van der Waals surface area contributed by atoms with Crippen LogP contribution in [-0.2, 0) is 0 Å². The summed E-state index contributed by atoms with van der Waals surface area (Å²) >= 11 is 12.4. The Kier molecular flexibility index (Phi) is 8.65. The van der Waals surface area contributed by atoms with Gasteiger partial charge in [-0.2, -0.15) is 0 Å². The molecule has 0 aliphatic heterocycles. The molecule has 44 heavy (non-hydrogen) atoms. The summed E-state index contributed by atoms with van der Waals surface area (Å²) in [6.07, 6.45) is 4.77. The van der Waals surface area contributed by atoms with Crippen LogP contribution in [-0.4, -0.2) is 21.9 Å². The van der Waals surface area contributed by atoms with Crippen molar-refractivity contribution in [2.75, 3.05) is 0 Å². The third kappa shape index (κ3) is 5.80. The third-order valence-corrected chi connectivity index (χ3v) is 8.89. The van der Waals surface area contributed by atoms with Gasteiger partial charge in [0.1, 0.15) is 5.69 Å². The number of hydrogen-bond acceptors (Lipinski definition) is 3. The number of halogens is 2. The van der Waals surface area contributed by atoms with Gasteiger partial charge >= 0.3 is 0 Å². The van der Waals surface area contributed by atoms with Crippen LogP contribution >= 0.6 is 23.2 Å². The minimum absolute atomic E-state index is 0.0631. The predicted octanol–water partition coefficient (Wildman–Crippen LogP) is 9.97. The Morgan fingerprint density at radius 3 is 1.61 bits per heavy atom. The van der Waals surface area contributed by atoms with Crippen LogP contribution in [0.2, 0.25) is 10.0 Å². The number of hydrogen-bond donors (Lipinski definition) is 0. The SMILES string of the molecule is Cc1ccc(C(=O)c2c(C(=O)c3ccc(Cl)cc3)c(C(=O)c3ccc(Cl)cc3)c(-c3ccccc3)n2C2CCCCC2)cc1. The Labute approximate surface area is 267 Å².